The number of hydrogen-bond donors (Lipinski definition) is 0. The number of rotatable bonds is 7. The SMILES string of the molecule is CCS[C@@H]1O[C@@H](COC(C)=O)[C@@H](OC(C)=O)[C@@H](OC(C)=O)[C@H]1OC(C)=O. The fourth-order valence-electron chi connectivity index (χ4n) is 2.49. The van der Waals surface area contributed by atoms with Gasteiger partial charge in [-0.25, -0.2) is 0 Å². The molecule has 0 unspecified atom stereocenters. The Morgan fingerprint density at radius 2 is 1.31 bits per heavy atom. The molecule has 1 heterocycles. The molecule has 0 aromatic heterocycles. The van der Waals surface area contributed by atoms with E-state index >= 15 is 0 Å². The van der Waals surface area contributed by atoms with Gasteiger partial charge in [-0.15, -0.1) is 11.8 Å². The Bertz CT molecular complexity index is 536. The van der Waals surface area contributed by atoms with Gasteiger partial charge in [-0.3, -0.25) is 19.2 Å². The summed E-state index contributed by atoms with van der Waals surface area (Å²) in [7, 11) is 0. The second-order valence-electron chi connectivity index (χ2n) is 5.52. The number of carbonyl (C=O) groups is 4. The highest BCUT2D eigenvalue weighted by Gasteiger charge is 2.52. The highest BCUT2D eigenvalue weighted by molar-refractivity contribution is 7.99. The van der Waals surface area contributed by atoms with Crippen molar-refractivity contribution in [2.75, 3.05) is 12.4 Å². The fraction of sp³-hybridized carbons (Fsp3) is 0.750. The minimum Gasteiger partial charge on any atom is -0.463 e. The molecule has 1 rings (SSSR count). The summed E-state index contributed by atoms with van der Waals surface area (Å²) >= 11 is 1.32. The summed E-state index contributed by atoms with van der Waals surface area (Å²) in [6.45, 7) is 6.48. The van der Waals surface area contributed by atoms with Gasteiger partial charge in [0.2, 0.25) is 0 Å². The standard InChI is InChI=1S/C16H24O9S/c1-6-26-16-15(24-11(5)20)14(23-10(4)19)13(22-9(3)18)12(25-16)7-21-8(2)17/h12-16H,6-7H2,1-5H3/t12-,13+,14+,15+,16-/m0/s1. The largest absolute Gasteiger partial charge is 0.463 e. The van der Waals surface area contributed by atoms with Gasteiger partial charge in [0, 0.05) is 27.7 Å². The summed E-state index contributed by atoms with van der Waals surface area (Å²) in [5, 5.41) is 0. The Hall–Kier alpha value is -1.81. The quantitative estimate of drug-likeness (QED) is 0.455. The monoisotopic (exact) mass is 392 g/mol. The first-order valence-electron chi connectivity index (χ1n) is 8.07. The third-order valence-electron chi connectivity index (χ3n) is 3.28. The van der Waals surface area contributed by atoms with E-state index in [1.807, 2.05) is 6.92 Å². The van der Waals surface area contributed by atoms with E-state index in [-0.39, 0.29) is 6.61 Å². The van der Waals surface area contributed by atoms with Gasteiger partial charge < -0.3 is 23.7 Å². The van der Waals surface area contributed by atoms with Crippen LogP contribution in [0.1, 0.15) is 34.6 Å². The normalized spacial score (nSPS) is 28.0. The number of esters is 4. The van der Waals surface area contributed by atoms with E-state index in [1.165, 1.54) is 39.5 Å². The van der Waals surface area contributed by atoms with Gasteiger partial charge in [-0.2, -0.15) is 0 Å². The maximum Gasteiger partial charge on any atom is 0.303 e. The lowest BCUT2D eigenvalue weighted by Gasteiger charge is -2.44. The van der Waals surface area contributed by atoms with Crippen LogP contribution in [0.2, 0.25) is 0 Å². The zero-order chi connectivity index (χ0) is 19.9. The molecule has 0 amide bonds. The topological polar surface area (TPSA) is 114 Å². The van der Waals surface area contributed by atoms with E-state index in [4.69, 9.17) is 23.7 Å². The van der Waals surface area contributed by atoms with Crippen LogP contribution >= 0.6 is 11.8 Å². The van der Waals surface area contributed by atoms with Crippen molar-refractivity contribution in [2.24, 2.45) is 0 Å². The average molecular weight is 392 g/mol. The first kappa shape index (κ1) is 22.2. The van der Waals surface area contributed by atoms with Crippen LogP contribution in [0.25, 0.3) is 0 Å². The third-order valence-corrected chi connectivity index (χ3v) is 4.32. The molecular weight excluding hydrogens is 368 g/mol. The molecule has 0 radical (unpaired) electrons. The van der Waals surface area contributed by atoms with Crippen LogP contribution in [0.5, 0.6) is 0 Å². The number of hydrogen-bond acceptors (Lipinski definition) is 10. The van der Waals surface area contributed by atoms with Crippen LogP contribution in [-0.2, 0) is 42.9 Å². The zero-order valence-electron chi connectivity index (χ0n) is 15.4. The molecule has 0 aromatic carbocycles. The zero-order valence-corrected chi connectivity index (χ0v) is 16.2. The molecule has 1 aliphatic heterocycles. The molecule has 0 saturated carbocycles. The molecule has 0 aliphatic carbocycles. The Labute approximate surface area is 156 Å². The maximum atomic E-state index is 11.6. The van der Waals surface area contributed by atoms with Crippen LogP contribution in [0.4, 0.5) is 0 Å². The van der Waals surface area contributed by atoms with Crippen molar-refractivity contribution in [1.82, 2.24) is 0 Å². The van der Waals surface area contributed by atoms with E-state index in [1.54, 1.807) is 0 Å². The molecule has 0 spiro atoms. The molecule has 0 bridgehead atoms. The maximum absolute atomic E-state index is 11.6. The molecule has 1 aliphatic rings. The Kier molecular flexibility index (Phi) is 8.86. The van der Waals surface area contributed by atoms with Crippen LogP contribution in [-0.4, -0.2) is 66.1 Å². The molecule has 1 fully saturated rings. The lowest BCUT2D eigenvalue weighted by molar-refractivity contribution is -0.237. The van der Waals surface area contributed by atoms with Gasteiger partial charge in [-0.1, -0.05) is 6.92 Å². The highest BCUT2D eigenvalue weighted by atomic mass is 32.2. The number of ether oxygens (including phenoxy) is 5. The van der Waals surface area contributed by atoms with Gasteiger partial charge in [0.05, 0.1) is 0 Å². The van der Waals surface area contributed by atoms with E-state index in [0.29, 0.717) is 5.75 Å². The first-order chi connectivity index (χ1) is 12.1. The van der Waals surface area contributed by atoms with Gasteiger partial charge >= 0.3 is 23.9 Å². The van der Waals surface area contributed by atoms with Crippen molar-refractivity contribution in [3.63, 3.8) is 0 Å². The molecule has 9 nitrogen and oxygen atoms in total. The van der Waals surface area contributed by atoms with E-state index < -0.39 is 53.7 Å². The summed E-state index contributed by atoms with van der Waals surface area (Å²) in [6, 6.07) is 0. The molecule has 1 saturated heterocycles. The molecule has 0 N–H and O–H groups in total. The molecule has 26 heavy (non-hydrogen) atoms. The van der Waals surface area contributed by atoms with Crippen molar-refractivity contribution in [3.05, 3.63) is 0 Å². The van der Waals surface area contributed by atoms with Crippen molar-refractivity contribution in [2.45, 2.75) is 64.5 Å². The van der Waals surface area contributed by atoms with Gasteiger partial charge in [-0.05, 0) is 5.75 Å². The number of thioether (sulfide) groups is 1. The minimum absolute atomic E-state index is 0.210. The molecule has 0 aromatic rings. The van der Waals surface area contributed by atoms with Gasteiger partial charge in [0.1, 0.15) is 18.1 Å². The van der Waals surface area contributed by atoms with Crippen molar-refractivity contribution in [3.8, 4) is 0 Å². The van der Waals surface area contributed by atoms with Crippen molar-refractivity contribution < 1.29 is 42.9 Å². The van der Waals surface area contributed by atoms with Crippen LogP contribution in [0.3, 0.4) is 0 Å². The van der Waals surface area contributed by atoms with Crippen molar-refractivity contribution >= 4 is 35.6 Å². The lowest BCUT2D eigenvalue weighted by Crippen LogP contribution is -2.61. The lowest BCUT2D eigenvalue weighted by atomic mass is 9.99. The molecule has 5 atom stereocenters. The summed E-state index contributed by atoms with van der Waals surface area (Å²) in [6.07, 6.45) is -4.07. The van der Waals surface area contributed by atoms with Crippen LogP contribution < -0.4 is 0 Å². The Balaban J connectivity index is 3.22. The average Bonchev–Trinajstić information content (AvgIpc) is 2.50. The summed E-state index contributed by atoms with van der Waals surface area (Å²) in [5.74, 6) is -1.81. The van der Waals surface area contributed by atoms with Gasteiger partial charge in [0.25, 0.3) is 0 Å². The van der Waals surface area contributed by atoms with Crippen LogP contribution in [0.15, 0.2) is 0 Å². The van der Waals surface area contributed by atoms with Crippen molar-refractivity contribution in [1.29, 1.82) is 0 Å². The third kappa shape index (κ3) is 6.83. The Morgan fingerprint density at radius 3 is 1.77 bits per heavy atom. The van der Waals surface area contributed by atoms with E-state index in [9.17, 15) is 19.2 Å². The van der Waals surface area contributed by atoms with E-state index in [0.717, 1.165) is 0 Å². The molecule has 148 valence electrons. The molecular formula is C16H24O9S. The first-order valence-corrected chi connectivity index (χ1v) is 9.12. The predicted molar refractivity (Wildman–Crippen MR) is 90.1 cm³/mol. The fourth-order valence-corrected chi connectivity index (χ4v) is 3.44. The smallest absolute Gasteiger partial charge is 0.303 e. The Morgan fingerprint density at radius 1 is 0.808 bits per heavy atom. The van der Waals surface area contributed by atoms with Gasteiger partial charge in [0.15, 0.2) is 18.3 Å². The summed E-state index contributed by atoms with van der Waals surface area (Å²) in [5.41, 5.74) is -0.694. The summed E-state index contributed by atoms with van der Waals surface area (Å²) < 4.78 is 26.7. The predicted octanol–water partition coefficient (Wildman–Crippen LogP) is 0.823. The van der Waals surface area contributed by atoms with Crippen LogP contribution in [0, 0.1) is 0 Å². The van der Waals surface area contributed by atoms with E-state index in [2.05, 4.69) is 0 Å². The summed E-state index contributed by atoms with van der Waals surface area (Å²) in [4.78, 5) is 45.8. The highest BCUT2D eigenvalue weighted by Crippen LogP contribution is 2.34. The number of carbonyl (C=O) groups excluding carboxylic acids is 4. The molecule has 10 heteroatoms. The minimum atomic E-state index is -1.10. The second kappa shape index (κ2) is 10.4. The second-order valence-corrected chi connectivity index (χ2v) is 6.90.